The van der Waals surface area contributed by atoms with Crippen molar-refractivity contribution in [2.75, 3.05) is 37.9 Å². The lowest BCUT2D eigenvalue weighted by Gasteiger charge is -2.22. The van der Waals surface area contributed by atoms with Crippen LogP contribution < -0.4 is 14.8 Å². The van der Waals surface area contributed by atoms with Crippen LogP contribution in [0.1, 0.15) is 17.4 Å². The first kappa shape index (κ1) is 22.7. The molecule has 2 amide bonds. The fourth-order valence-electron chi connectivity index (χ4n) is 3.45. The maximum atomic E-state index is 13.4. The molecule has 0 spiro atoms. The molecule has 2 heterocycles. The molecule has 172 valence electrons. The summed E-state index contributed by atoms with van der Waals surface area (Å²) in [6.45, 7) is 2.90. The molecule has 0 saturated heterocycles. The van der Waals surface area contributed by atoms with Crippen LogP contribution in [0, 0.1) is 5.82 Å². The maximum Gasteiger partial charge on any atom is 0.272 e. The van der Waals surface area contributed by atoms with Gasteiger partial charge in [-0.1, -0.05) is 11.8 Å². The van der Waals surface area contributed by atoms with E-state index in [0.29, 0.717) is 53.5 Å². The van der Waals surface area contributed by atoms with E-state index in [2.05, 4.69) is 10.3 Å². The number of nitrogens with zero attached hydrogens (tertiary/aromatic N) is 3. The van der Waals surface area contributed by atoms with Gasteiger partial charge in [-0.3, -0.25) is 14.2 Å². The highest BCUT2D eigenvalue weighted by Gasteiger charge is 2.24. The van der Waals surface area contributed by atoms with Gasteiger partial charge in [0.2, 0.25) is 5.91 Å². The second-order valence-corrected chi connectivity index (χ2v) is 7.94. The molecule has 4 rings (SSSR count). The summed E-state index contributed by atoms with van der Waals surface area (Å²) in [5.74, 6) is 0.119. The summed E-state index contributed by atoms with van der Waals surface area (Å²) in [6, 6.07) is 11.0. The van der Waals surface area contributed by atoms with Gasteiger partial charge in [-0.05, 0) is 49.6 Å². The van der Waals surface area contributed by atoms with Crippen LogP contribution in [0.2, 0.25) is 0 Å². The third-order valence-electron chi connectivity index (χ3n) is 5.05. The van der Waals surface area contributed by atoms with E-state index in [4.69, 9.17) is 9.47 Å². The van der Waals surface area contributed by atoms with E-state index >= 15 is 0 Å². The number of rotatable bonds is 7. The number of benzene rings is 2. The van der Waals surface area contributed by atoms with Gasteiger partial charge >= 0.3 is 0 Å². The molecule has 1 N–H and O–H groups in total. The number of fused-ring (bicyclic) bond motifs is 1. The number of hydrogen-bond donors (Lipinski definition) is 1. The molecule has 0 saturated carbocycles. The molecule has 0 aliphatic carbocycles. The van der Waals surface area contributed by atoms with Crippen molar-refractivity contribution in [3.8, 4) is 17.2 Å². The molecule has 0 radical (unpaired) electrons. The summed E-state index contributed by atoms with van der Waals surface area (Å²) in [5.41, 5.74) is 1.45. The smallest absolute Gasteiger partial charge is 0.272 e. The van der Waals surface area contributed by atoms with Crippen molar-refractivity contribution < 1.29 is 23.5 Å². The second kappa shape index (κ2) is 9.95. The fourth-order valence-corrected chi connectivity index (χ4v) is 4.00. The summed E-state index contributed by atoms with van der Waals surface area (Å²) in [4.78, 5) is 31.7. The number of anilines is 1. The van der Waals surface area contributed by atoms with Crippen LogP contribution in [0.5, 0.6) is 11.5 Å². The van der Waals surface area contributed by atoms with Crippen LogP contribution in [0.25, 0.3) is 5.69 Å². The minimum Gasteiger partial charge on any atom is -0.486 e. The van der Waals surface area contributed by atoms with Crippen molar-refractivity contribution >= 4 is 29.3 Å². The molecule has 1 aliphatic rings. The average molecular weight is 471 g/mol. The first-order valence-electron chi connectivity index (χ1n) is 10.4. The van der Waals surface area contributed by atoms with Gasteiger partial charge in [0.05, 0.1) is 6.20 Å². The lowest BCUT2D eigenvalue weighted by Crippen LogP contribution is -2.38. The van der Waals surface area contributed by atoms with Crippen molar-refractivity contribution in [2.24, 2.45) is 0 Å². The molecule has 0 fully saturated rings. The number of aromatic nitrogens is 2. The van der Waals surface area contributed by atoms with Crippen LogP contribution in [0.4, 0.5) is 10.1 Å². The van der Waals surface area contributed by atoms with Crippen molar-refractivity contribution in [2.45, 2.75) is 12.1 Å². The first-order valence-corrected chi connectivity index (χ1v) is 11.6. The first-order chi connectivity index (χ1) is 16.0. The number of halogens is 1. The Morgan fingerprint density at radius 1 is 1.15 bits per heavy atom. The Bertz CT molecular complexity index is 1170. The molecule has 8 nitrogen and oxygen atoms in total. The van der Waals surface area contributed by atoms with Crippen LogP contribution in [0.15, 0.2) is 53.8 Å². The third-order valence-corrected chi connectivity index (χ3v) is 5.70. The topological polar surface area (TPSA) is 85.7 Å². The quantitative estimate of drug-likeness (QED) is 0.531. The number of carbonyl (C=O) groups is 2. The minimum absolute atomic E-state index is 0.146. The largest absolute Gasteiger partial charge is 0.486 e. The maximum absolute atomic E-state index is 13.4. The third kappa shape index (κ3) is 4.95. The number of hydrogen-bond acceptors (Lipinski definition) is 6. The van der Waals surface area contributed by atoms with Crippen molar-refractivity contribution in [3.63, 3.8) is 0 Å². The number of ether oxygens (including phenoxy) is 2. The van der Waals surface area contributed by atoms with Gasteiger partial charge in [0.15, 0.2) is 16.7 Å². The van der Waals surface area contributed by atoms with E-state index < -0.39 is 0 Å². The van der Waals surface area contributed by atoms with E-state index in [1.54, 1.807) is 41.8 Å². The molecule has 0 bridgehead atoms. The number of carbonyl (C=O) groups excluding carboxylic acids is 2. The van der Waals surface area contributed by atoms with E-state index in [9.17, 15) is 14.0 Å². The molecule has 1 aliphatic heterocycles. The van der Waals surface area contributed by atoms with E-state index in [0.717, 1.165) is 0 Å². The monoisotopic (exact) mass is 470 g/mol. The zero-order valence-electron chi connectivity index (χ0n) is 18.2. The Balaban J connectivity index is 1.51. The zero-order valence-corrected chi connectivity index (χ0v) is 19.0. The Kier molecular flexibility index (Phi) is 6.83. The van der Waals surface area contributed by atoms with E-state index in [1.165, 1.54) is 35.0 Å². The Labute approximate surface area is 194 Å². The van der Waals surface area contributed by atoms with E-state index in [1.807, 2.05) is 6.26 Å². The Hall–Kier alpha value is -3.53. The molecule has 0 atom stereocenters. The number of imidazole rings is 1. The molecule has 3 aromatic rings. The number of amides is 2. The number of thioether (sulfide) groups is 1. The minimum atomic E-state index is -0.372. The summed E-state index contributed by atoms with van der Waals surface area (Å²) in [7, 11) is 0. The second-order valence-electron chi connectivity index (χ2n) is 7.17. The molecule has 33 heavy (non-hydrogen) atoms. The molecule has 2 aromatic carbocycles. The summed E-state index contributed by atoms with van der Waals surface area (Å²) < 4.78 is 26.1. The van der Waals surface area contributed by atoms with Gasteiger partial charge in [0.1, 0.15) is 31.3 Å². The zero-order chi connectivity index (χ0) is 23.4. The van der Waals surface area contributed by atoms with E-state index in [-0.39, 0.29) is 24.2 Å². The van der Waals surface area contributed by atoms with Gasteiger partial charge < -0.3 is 19.7 Å². The van der Waals surface area contributed by atoms with Crippen LogP contribution in [-0.4, -0.2) is 58.8 Å². The van der Waals surface area contributed by atoms with Gasteiger partial charge in [0, 0.05) is 24.0 Å². The average Bonchev–Trinajstić information content (AvgIpc) is 3.26. The molecule has 10 heteroatoms. The molecular weight excluding hydrogens is 447 g/mol. The van der Waals surface area contributed by atoms with Crippen molar-refractivity contribution in [1.82, 2.24) is 14.5 Å². The standard InChI is InChI=1S/C23H23FN4O4S/c1-3-27(14-21(29)26-16-6-9-19-20(12-16)32-11-10-31-19)22(30)18-13-25-23(33-2)28(18)17-7-4-15(24)5-8-17/h4-9,12-13H,3,10-11,14H2,1-2H3,(H,26,29). The highest BCUT2D eigenvalue weighted by atomic mass is 32.2. The van der Waals surface area contributed by atoms with Gasteiger partial charge in [-0.15, -0.1) is 0 Å². The highest BCUT2D eigenvalue weighted by molar-refractivity contribution is 7.98. The summed E-state index contributed by atoms with van der Waals surface area (Å²) >= 11 is 1.36. The number of nitrogens with one attached hydrogen (secondary N) is 1. The summed E-state index contributed by atoms with van der Waals surface area (Å²) in [6.07, 6.45) is 3.31. The normalized spacial score (nSPS) is 12.3. The van der Waals surface area contributed by atoms with Gasteiger partial charge in [-0.2, -0.15) is 0 Å². The van der Waals surface area contributed by atoms with Crippen LogP contribution >= 0.6 is 11.8 Å². The molecular formula is C23H23FN4O4S. The predicted octanol–water partition coefficient (Wildman–Crippen LogP) is 3.61. The van der Waals surface area contributed by atoms with Gasteiger partial charge in [-0.25, -0.2) is 9.37 Å². The highest BCUT2D eigenvalue weighted by Crippen LogP contribution is 2.32. The van der Waals surface area contributed by atoms with Crippen LogP contribution in [0.3, 0.4) is 0 Å². The van der Waals surface area contributed by atoms with Crippen molar-refractivity contribution in [1.29, 1.82) is 0 Å². The number of likely N-dealkylation sites (N-methyl/N-ethyl adjacent to an activating group) is 1. The Morgan fingerprint density at radius 2 is 1.88 bits per heavy atom. The predicted molar refractivity (Wildman–Crippen MR) is 123 cm³/mol. The fraction of sp³-hybridized carbons (Fsp3) is 0.261. The lowest BCUT2D eigenvalue weighted by molar-refractivity contribution is -0.116. The molecule has 0 unspecified atom stereocenters. The Morgan fingerprint density at radius 3 is 2.58 bits per heavy atom. The van der Waals surface area contributed by atoms with Gasteiger partial charge in [0.25, 0.3) is 5.91 Å². The SMILES string of the molecule is CCN(CC(=O)Nc1ccc2c(c1)OCCO2)C(=O)c1cnc(SC)n1-c1ccc(F)cc1. The van der Waals surface area contributed by atoms with Crippen molar-refractivity contribution in [3.05, 3.63) is 60.2 Å². The summed E-state index contributed by atoms with van der Waals surface area (Å²) in [5, 5.41) is 3.38. The molecule has 1 aromatic heterocycles. The lowest BCUT2D eigenvalue weighted by atomic mass is 10.2. The van der Waals surface area contributed by atoms with Crippen LogP contribution in [-0.2, 0) is 4.79 Å².